The Morgan fingerprint density at radius 1 is 1.04 bits per heavy atom. The third-order valence-corrected chi connectivity index (χ3v) is 4.53. The molecule has 0 bridgehead atoms. The third kappa shape index (κ3) is 3.53. The Balaban J connectivity index is 1.62. The van der Waals surface area contributed by atoms with Crippen LogP contribution in [0.3, 0.4) is 0 Å². The van der Waals surface area contributed by atoms with Crippen LogP contribution in [0.25, 0.3) is 0 Å². The molecular weight excluding hydrogens is 364 g/mol. The summed E-state index contributed by atoms with van der Waals surface area (Å²) in [5.74, 6) is -1.49. The number of ether oxygens (including phenoxy) is 2. The summed E-state index contributed by atoms with van der Waals surface area (Å²) in [7, 11) is 0. The van der Waals surface area contributed by atoms with Crippen LogP contribution in [-0.4, -0.2) is 19.1 Å². The quantitative estimate of drug-likeness (QED) is 0.668. The van der Waals surface area contributed by atoms with Crippen molar-refractivity contribution in [3.8, 4) is 11.5 Å². The van der Waals surface area contributed by atoms with Gasteiger partial charge < -0.3 is 9.47 Å². The first-order valence-corrected chi connectivity index (χ1v) is 8.80. The van der Waals surface area contributed by atoms with E-state index in [9.17, 15) is 13.6 Å². The molecule has 4 rings (SSSR count). The summed E-state index contributed by atoms with van der Waals surface area (Å²) < 4.78 is 38.0. The lowest BCUT2D eigenvalue weighted by Crippen LogP contribution is -2.43. The molecule has 6 heteroatoms. The van der Waals surface area contributed by atoms with E-state index in [0.29, 0.717) is 11.4 Å². The maximum atomic E-state index is 13.8. The number of carbonyl (C=O) groups is 1. The number of nitrogens with zero attached hydrogens (tertiary/aromatic N) is 1. The number of benzene rings is 3. The third-order valence-electron chi connectivity index (χ3n) is 4.53. The van der Waals surface area contributed by atoms with Crippen LogP contribution in [-0.2, 0) is 4.79 Å². The molecule has 0 aliphatic carbocycles. The summed E-state index contributed by atoms with van der Waals surface area (Å²) in [5, 5.41) is 0. The number of halogens is 2. The Hall–Kier alpha value is -3.41. The highest BCUT2D eigenvalue weighted by Crippen LogP contribution is 2.39. The van der Waals surface area contributed by atoms with Gasteiger partial charge in [0.1, 0.15) is 18.2 Å². The Bertz CT molecular complexity index is 994. The van der Waals surface area contributed by atoms with Gasteiger partial charge in [0.2, 0.25) is 0 Å². The molecular formula is C22H17F2NO3. The summed E-state index contributed by atoms with van der Waals surface area (Å²) >= 11 is 0. The fourth-order valence-electron chi connectivity index (χ4n) is 3.22. The van der Waals surface area contributed by atoms with Gasteiger partial charge >= 0.3 is 0 Å². The molecule has 3 aromatic rings. The summed E-state index contributed by atoms with van der Waals surface area (Å²) in [6.45, 7) is -0.0993. The van der Waals surface area contributed by atoms with Crippen molar-refractivity contribution in [2.75, 3.05) is 18.1 Å². The number of fused-ring (bicyclic) bond motifs is 1. The first-order valence-electron chi connectivity index (χ1n) is 8.80. The van der Waals surface area contributed by atoms with Crippen LogP contribution in [0.4, 0.5) is 14.5 Å². The molecule has 0 spiro atoms. The molecule has 0 N–H and O–H groups in total. The molecule has 1 aliphatic rings. The fourth-order valence-corrected chi connectivity index (χ4v) is 3.22. The lowest BCUT2D eigenvalue weighted by Gasteiger charge is -2.37. The Morgan fingerprint density at radius 2 is 1.79 bits per heavy atom. The molecule has 1 aliphatic heterocycles. The Labute approximate surface area is 160 Å². The summed E-state index contributed by atoms with van der Waals surface area (Å²) in [4.78, 5) is 14.7. The highest BCUT2D eigenvalue weighted by atomic mass is 19.1. The molecule has 3 aromatic carbocycles. The number of hydrogen-bond donors (Lipinski definition) is 0. The van der Waals surface area contributed by atoms with E-state index in [2.05, 4.69) is 0 Å². The van der Waals surface area contributed by atoms with E-state index >= 15 is 0 Å². The highest BCUT2D eigenvalue weighted by molar-refractivity contribution is 5.97. The summed E-state index contributed by atoms with van der Waals surface area (Å²) in [5.41, 5.74) is 1.54. The van der Waals surface area contributed by atoms with Crippen LogP contribution in [0.1, 0.15) is 11.6 Å². The van der Waals surface area contributed by atoms with Gasteiger partial charge in [-0.3, -0.25) is 9.69 Å². The molecule has 0 radical (unpaired) electrons. The van der Waals surface area contributed by atoms with Gasteiger partial charge in [0.15, 0.2) is 18.2 Å². The second kappa shape index (κ2) is 7.68. The van der Waals surface area contributed by atoms with Crippen molar-refractivity contribution in [3.63, 3.8) is 0 Å². The lowest BCUT2D eigenvalue weighted by molar-refractivity contribution is -0.121. The van der Waals surface area contributed by atoms with Crippen molar-refractivity contribution >= 4 is 11.6 Å². The minimum absolute atomic E-state index is 0.174. The molecule has 0 aromatic heterocycles. The monoisotopic (exact) mass is 381 g/mol. The van der Waals surface area contributed by atoms with Gasteiger partial charge in [-0.25, -0.2) is 8.78 Å². The first-order chi connectivity index (χ1) is 13.6. The molecule has 0 unspecified atom stereocenters. The van der Waals surface area contributed by atoms with Gasteiger partial charge in [-0.15, -0.1) is 0 Å². The molecule has 0 saturated heterocycles. The van der Waals surface area contributed by atoms with Gasteiger partial charge in [0, 0.05) is 6.07 Å². The van der Waals surface area contributed by atoms with E-state index in [1.54, 1.807) is 17.0 Å². The van der Waals surface area contributed by atoms with Crippen molar-refractivity contribution in [1.29, 1.82) is 0 Å². The molecule has 28 heavy (non-hydrogen) atoms. The number of amides is 1. The number of anilines is 1. The van der Waals surface area contributed by atoms with Gasteiger partial charge in [-0.1, -0.05) is 42.5 Å². The van der Waals surface area contributed by atoms with Crippen LogP contribution >= 0.6 is 0 Å². The van der Waals surface area contributed by atoms with Gasteiger partial charge in [0.25, 0.3) is 5.91 Å². The van der Waals surface area contributed by atoms with E-state index < -0.39 is 11.6 Å². The SMILES string of the molecule is O=C(COc1ccc(F)cc1F)N1c2ccccc2OC[C@@H]1c1ccccc1. The normalized spacial score (nSPS) is 15.5. The van der Waals surface area contributed by atoms with E-state index in [4.69, 9.17) is 9.47 Å². The lowest BCUT2D eigenvalue weighted by atomic mass is 10.0. The fraction of sp³-hybridized carbons (Fsp3) is 0.136. The van der Waals surface area contributed by atoms with E-state index in [1.807, 2.05) is 42.5 Å². The molecule has 142 valence electrons. The number of hydrogen-bond acceptors (Lipinski definition) is 3. The second-order valence-electron chi connectivity index (χ2n) is 6.33. The number of para-hydroxylation sites is 2. The molecule has 4 nitrogen and oxygen atoms in total. The van der Waals surface area contributed by atoms with Crippen LogP contribution in [0.5, 0.6) is 11.5 Å². The zero-order valence-electron chi connectivity index (χ0n) is 14.8. The first kappa shape index (κ1) is 18.0. The Kier molecular flexibility index (Phi) is 4.93. The van der Waals surface area contributed by atoms with Crippen molar-refractivity contribution in [2.24, 2.45) is 0 Å². The van der Waals surface area contributed by atoms with Gasteiger partial charge in [-0.05, 0) is 29.8 Å². The van der Waals surface area contributed by atoms with E-state index in [-0.39, 0.29) is 30.9 Å². The number of carbonyl (C=O) groups excluding carboxylic acids is 1. The molecule has 1 amide bonds. The van der Waals surface area contributed by atoms with E-state index in [1.165, 1.54) is 6.07 Å². The summed E-state index contributed by atoms with van der Waals surface area (Å²) in [6, 6.07) is 19.4. The average Bonchev–Trinajstić information content (AvgIpc) is 2.72. The summed E-state index contributed by atoms with van der Waals surface area (Å²) in [6.07, 6.45) is 0. The van der Waals surface area contributed by atoms with Crippen molar-refractivity contribution in [2.45, 2.75) is 6.04 Å². The Morgan fingerprint density at radius 3 is 2.57 bits per heavy atom. The minimum atomic E-state index is -0.852. The molecule has 0 saturated carbocycles. The van der Waals surface area contributed by atoms with Crippen LogP contribution in [0, 0.1) is 11.6 Å². The molecule has 1 atom stereocenters. The second-order valence-corrected chi connectivity index (χ2v) is 6.33. The average molecular weight is 381 g/mol. The standard InChI is InChI=1S/C22H17F2NO3/c23-16-10-11-20(17(24)12-16)28-14-22(26)25-18-8-4-5-9-21(18)27-13-19(25)15-6-2-1-3-7-15/h1-12,19H,13-14H2/t19-/m1/s1. The largest absolute Gasteiger partial charge is 0.489 e. The van der Waals surface area contributed by atoms with Gasteiger partial charge in [-0.2, -0.15) is 0 Å². The predicted octanol–water partition coefficient (Wildman–Crippen LogP) is 4.51. The molecule has 0 fully saturated rings. The zero-order valence-corrected chi connectivity index (χ0v) is 14.8. The maximum Gasteiger partial charge on any atom is 0.265 e. The predicted molar refractivity (Wildman–Crippen MR) is 100 cm³/mol. The van der Waals surface area contributed by atoms with E-state index in [0.717, 1.165) is 17.7 Å². The highest BCUT2D eigenvalue weighted by Gasteiger charge is 2.33. The topological polar surface area (TPSA) is 38.8 Å². The van der Waals surface area contributed by atoms with Gasteiger partial charge in [0.05, 0.1) is 11.7 Å². The van der Waals surface area contributed by atoms with Crippen LogP contribution in [0.15, 0.2) is 72.8 Å². The minimum Gasteiger partial charge on any atom is -0.489 e. The van der Waals surface area contributed by atoms with Crippen molar-refractivity contribution in [1.82, 2.24) is 0 Å². The maximum absolute atomic E-state index is 13.8. The van der Waals surface area contributed by atoms with Crippen LogP contribution in [0.2, 0.25) is 0 Å². The van der Waals surface area contributed by atoms with Crippen molar-refractivity contribution in [3.05, 3.63) is 90.0 Å². The van der Waals surface area contributed by atoms with Crippen LogP contribution < -0.4 is 14.4 Å². The smallest absolute Gasteiger partial charge is 0.265 e. The molecule has 1 heterocycles. The van der Waals surface area contributed by atoms with Crippen molar-refractivity contribution < 1.29 is 23.0 Å². The number of rotatable bonds is 4. The zero-order chi connectivity index (χ0) is 19.5.